The van der Waals surface area contributed by atoms with Gasteiger partial charge in [-0.05, 0) is 61.9 Å². The fourth-order valence-corrected chi connectivity index (χ4v) is 3.61. The number of nitrogens with one attached hydrogen (secondary N) is 2. The van der Waals surface area contributed by atoms with Crippen molar-refractivity contribution in [2.24, 2.45) is 0 Å². The van der Waals surface area contributed by atoms with Crippen LogP contribution in [0.5, 0.6) is 5.75 Å². The number of ether oxygens (including phenoxy) is 2. The number of carbonyl (C=O) groups excluding carboxylic acids is 2. The molecular weight excluding hydrogens is 424 g/mol. The first-order valence-electron chi connectivity index (χ1n) is 10.6. The highest BCUT2D eigenvalue weighted by atomic mass is 16.5. The van der Waals surface area contributed by atoms with Crippen LogP contribution < -0.4 is 15.6 Å². The van der Waals surface area contributed by atoms with E-state index in [1.54, 1.807) is 55.3 Å². The Morgan fingerprint density at radius 1 is 1.12 bits per heavy atom. The minimum Gasteiger partial charge on any atom is -0.497 e. The molecule has 1 aromatic heterocycles. The maximum absolute atomic E-state index is 12.8. The minimum absolute atomic E-state index is 0.194. The summed E-state index contributed by atoms with van der Waals surface area (Å²) in [5.41, 5.74) is 2.69. The number of aromatic nitrogens is 2. The number of hydrogen-bond donors (Lipinski definition) is 2. The smallest absolute Gasteiger partial charge is 0.338 e. The molecule has 0 atom stereocenters. The number of aromatic amines is 1. The number of urea groups is 1. The highest BCUT2D eigenvalue weighted by Gasteiger charge is 2.25. The summed E-state index contributed by atoms with van der Waals surface area (Å²) >= 11 is 0. The van der Waals surface area contributed by atoms with E-state index in [1.165, 1.54) is 0 Å². The van der Waals surface area contributed by atoms with Crippen LogP contribution in [-0.4, -0.2) is 47.1 Å². The van der Waals surface area contributed by atoms with Crippen molar-refractivity contribution in [3.63, 3.8) is 0 Å². The predicted molar refractivity (Wildman–Crippen MR) is 122 cm³/mol. The van der Waals surface area contributed by atoms with Crippen molar-refractivity contribution < 1.29 is 19.1 Å². The van der Waals surface area contributed by atoms with E-state index in [2.05, 4.69) is 15.3 Å². The first kappa shape index (κ1) is 22.1. The summed E-state index contributed by atoms with van der Waals surface area (Å²) in [6.45, 7) is 2.65. The molecule has 33 heavy (non-hydrogen) atoms. The van der Waals surface area contributed by atoms with Crippen LogP contribution in [0.25, 0.3) is 11.4 Å². The third-order valence-corrected chi connectivity index (χ3v) is 5.37. The van der Waals surface area contributed by atoms with Gasteiger partial charge in [-0.1, -0.05) is 0 Å². The van der Waals surface area contributed by atoms with E-state index in [-0.39, 0.29) is 18.1 Å². The molecule has 0 unspecified atom stereocenters. The highest BCUT2D eigenvalue weighted by molar-refractivity contribution is 5.92. The van der Waals surface area contributed by atoms with Crippen LogP contribution in [0.1, 0.15) is 28.5 Å². The maximum Gasteiger partial charge on any atom is 0.338 e. The van der Waals surface area contributed by atoms with Gasteiger partial charge < -0.3 is 24.7 Å². The van der Waals surface area contributed by atoms with Gasteiger partial charge in [-0.15, -0.1) is 0 Å². The van der Waals surface area contributed by atoms with Gasteiger partial charge in [0, 0.05) is 23.4 Å². The monoisotopic (exact) mass is 448 g/mol. The van der Waals surface area contributed by atoms with Crippen LogP contribution in [0, 0.1) is 0 Å². The molecule has 2 heterocycles. The van der Waals surface area contributed by atoms with Crippen LogP contribution >= 0.6 is 0 Å². The SMILES string of the molecule is CCOC(=O)c1ccc(NC(=O)N2CCc3c(nc(-c4ccc(OC)cc4)[nH]c3=O)C2)cc1. The number of fused-ring (bicyclic) bond motifs is 1. The molecule has 0 saturated heterocycles. The second-order valence-corrected chi connectivity index (χ2v) is 7.47. The zero-order valence-corrected chi connectivity index (χ0v) is 18.4. The lowest BCUT2D eigenvalue weighted by Gasteiger charge is -2.28. The Morgan fingerprint density at radius 3 is 2.52 bits per heavy atom. The fourth-order valence-electron chi connectivity index (χ4n) is 3.61. The van der Waals surface area contributed by atoms with Crippen molar-refractivity contribution in [2.75, 3.05) is 25.6 Å². The van der Waals surface area contributed by atoms with Crippen molar-refractivity contribution in [1.29, 1.82) is 0 Å². The first-order chi connectivity index (χ1) is 16.0. The van der Waals surface area contributed by atoms with Crippen LogP contribution in [-0.2, 0) is 17.7 Å². The number of methoxy groups -OCH3 is 1. The van der Waals surface area contributed by atoms with Gasteiger partial charge in [-0.2, -0.15) is 0 Å². The highest BCUT2D eigenvalue weighted by Crippen LogP contribution is 2.22. The van der Waals surface area contributed by atoms with E-state index in [1.807, 2.05) is 12.1 Å². The van der Waals surface area contributed by atoms with E-state index in [9.17, 15) is 14.4 Å². The summed E-state index contributed by atoms with van der Waals surface area (Å²) in [7, 11) is 1.59. The predicted octanol–water partition coefficient (Wildman–Crippen LogP) is 3.21. The molecule has 1 aliphatic heterocycles. The molecule has 1 aliphatic rings. The molecule has 0 bridgehead atoms. The van der Waals surface area contributed by atoms with Gasteiger partial charge in [0.15, 0.2) is 0 Å². The number of hydrogen-bond acceptors (Lipinski definition) is 6. The summed E-state index contributed by atoms with van der Waals surface area (Å²) < 4.78 is 10.1. The Kier molecular flexibility index (Phi) is 6.39. The normalized spacial score (nSPS) is 12.6. The molecule has 4 rings (SSSR count). The molecule has 2 N–H and O–H groups in total. The second-order valence-electron chi connectivity index (χ2n) is 7.47. The van der Waals surface area contributed by atoms with Crippen molar-refractivity contribution in [1.82, 2.24) is 14.9 Å². The van der Waals surface area contributed by atoms with E-state index in [4.69, 9.17) is 9.47 Å². The molecule has 2 aromatic carbocycles. The quantitative estimate of drug-likeness (QED) is 0.580. The number of rotatable bonds is 5. The zero-order valence-electron chi connectivity index (χ0n) is 18.4. The summed E-state index contributed by atoms with van der Waals surface area (Å²) in [6, 6.07) is 13.4. The minimum atomic E-state index is -0.410. The molecule has 0 saturated carbocycles. The van der Waals surface area contributed by atoms with Gasteiger partial charge >= 0.3 is 12.0 Å². The third kappa shape index (κ3) is 4.87. The molecule has 170 valence electrons. The van der Waals surface area contributed by atoms with Crippen molar-refractivity contribution >= 4 is 17.7 Å². The van der Waals surface area contributed by atoms with Gasteiger partial charge in [-0.25, -0.2) is 14.6 Å². The number of carbonyl (C=O) groups is 2. The van der Waals surface area contributed by atoms with Crippen LogP contribution in [0.4, 0.5) is 10.5 Å². The molecule has 3 aromatic rings. The van der Waals surface area contributed by atoms with Gasteiger partial charge in [0.2, 0.25) is 0 Å². The number of anilines is 1. The molecule has 0 spiro atoms. The summed E-state index contributed by atoms with van der Waals surface area (Å²) in [5.74, 6) is 0.738. The van der Waals surface area contributed by atoms with Crippen LogP contribution in [0.15, 0.2) is 53.3 Å². The molecule has 2 amide bonds. The Bertz CT molecular complexity index is 1220. The average molecular weight is 448 g/mol. The number of nitrogens with zero attached hydrogens (tertiary/aromatic N) is 2. The average Bonchev–Trinajstić information content (AvgIpc) is 2.84. The van der Waals surface area contributed by atoms with Crippen LogP contribution in [0.2, 0.25) is 0 Å². The summed E-state index contributed by atoms with van der Waals surface area (Å²) in [6.07, 6.45) is 0.412. The fraction of sp³-hybridized carbons (Fsp3) is 0.250. The lowest BCUT2D eigenvalue weighted by Crippen LogP contribution is -2.41. The molecule has 9 nitrogen and oxygen atoms in total. The van der Waals surface area contributed by atoms with Gasteiger partial charge in [0.25, 0.3) is 5.56 Å². The molecule has 0 radical (unpaired) electrons. The van der Waals surface area contributed by atoms with Crippen molar-refractivity contribution in [2.45, 2.75) is 19.9 Å². The van der Waals surface area contributed by atoms with Gasteiger partial charge in [-0.3, -0.25) is 4.79 Å². The Morgan fingerprint density at radius 2 is 1.85 bits per heavy atom. The van der Waals surface area contributed by atoms with Crippen LogP contribution in [0.3, 0.4) is 0 Å². The zero-order chi connectivity index (χ0) is 23.4. The standard InChI is InChI=1S/C24H24N4O5/c1-3-33-23(30)16-4-8-17(9-5-16)25-24(31)28-13-12-19-20(14-28)26-21(27-22(19)29)15-6-10-18(32-2)11-7-15/h4-11H,3,12-14H2,1-2H3,(H,25,31)(H,26,27,29). The van der Waals surface area contributed by atoms with Crippen molar-refractivity contribution in [3.8, 4) is 17.1 Å². The number of esters is 1. The second kappa shape index (κ2) is 9.56. The third-order valence-electron chi connectivity index (χ3n) is 5.37. The lowest BCUT2D eigenvalue weighted by molar-refractivity contribution is 0.0526. The molecular formula is C24H24N4O5. The Labute approximate surface area is 190 Å². The van der Waals surface area contributed by atoms with E-state index in [0.29, 0.717) is 53.7 Å². The van der Waals surface area contributed by atoms with E-state index in [0.717, 1.165) is 5.56 Å². The molecule has 0 aliphatic carbocycles. The summed E-state index contributed by atoms with van der Waals surface area (Å²) in [5, 5.41) is 2.82. The maximum atomic E-state index is 12.8. The largest absolute Gasteiger partial charge is 0.497 e. The Balaban J connectivity index is 1.48. The lowest BCUT2D eigenvalue weighted by atomic mass is 10.1. The van der Waals surface area contributed by atoms with Gasteiger partial charge in [0.05, 0.1) is 31.5 Å². The first-order valence-corrected chi connectivity index (χ1v) is 10.6. The molecule has 9 heteroatoms. The molecule has 0 fully saturated rings. The van der Waals surface area contributed by atoms with Crippen molar-refractivity contribution in [3.05, 3.63) is 75.7 Å². The topological polar surface area (TPSA) is 114 Å². The number of H-pyrrole nitrogens is 1. The van der Waals surface area contributed by atoms with Gasteiger partial charge in [0.1, 0.15) is 11.6 Å². The number of benzene rings is 2. The summed E-state index contributed by atoms with van der Waals surface area (Å²) in [4.78, 5) is 46.2. The van der Waals surface area contributed by atoms with E-state index >= 15 is 0 Å². The number of amides is 2. The Hall–Kier alpha value is -4.14. The van der Waals surface area contributed by atoms with E-state index < -0.39 is 5.97 Å².